The van der Waals surface area contributed by atoms with Crippen LogP contribution < -0.4 is 5.56 Å². The van der Waals surface area contributed by atoms with Crippen LogP contribution in [0.25, 0.3) is 22.3 Å². The molecule has 2 aromatic heterocycles. The van der Waals surface area contributed by atoms with Crippen molar-refractivity contribution >= 4 is 16.9 Å². The van der Waals surface area contributed by atoms with Gasteiger partial charge in [-0.15, -0.1) is 0 Å². The fraction of sp³-hybridized carbons (Fsp3) is 0.423. The van der Waals surface area contributed by atoms with Crippen LogP contribution >= 0.6 is 0 Å². The van der Waals surface area contributed by atoms with Gasteiger partial charge in [-0.1, -0.05) is 6.92 Å². The summed E-state index contributed by atoms with van der Waals surface area (Å²) in [6.45, 7) is 3.59. The number of carbonyl (C=O) groups is 1. The maximum absolute atomic E-state index is 14.8. The van der Waals surface area contributed by atoms with Crippen molar-refractivity contribution in [3.63, 3.8) is 0 Å². The highest BCUT2D eigenvalue weighted by Crippen LogP contribution is 2.47. The molecule has 0 saturated heterocycles. The largest absolute Gasteiger partial charge is 0.458 e. The lowest BCUT2D eigenvalue weighted by Gasteiger charge is -2.31. The molecule has 176 valence electrons. The number of nitrogens with zero attached hydrogens (tertiary/aromatic N) is 2. The minimum Gasteiger partial charge on any atom is -0.458 e. The van der Waals surface area contributed by atoms with Crippen LogP contribution in [-0.2, 0) is 34.7 Å². The molecule has 8 heteroatoms. The zero-order chi connectivity index (χ0) is 23.9. The van der Waals surface area contributed by atoms with E-state index in [1.165, 1.54) is 6.07 Å². The summed E-state index contributed by atoms with van der Waals surface area (Å²) in [7, 11) is 0. The van der Waals surface area contributed by atoms with E-state index in [9.17, 15) is 24.2 Å². The van der Waals surface area contributed by atoms with E-state index in [2.05, 4.69) is 0 Å². The maximum Gasteiger partial charge on any atom is 0.343 e. The molecule has 0 fully saturated rings. The predicted octanol–water partition coefficient (Wildman–Crippen LogP) is 2.94. The Labute approximate surface area is 194 Å². The first kappa shape index (κ1) is 21.4. The van der Waals surface area contributed by atoms with Crippen molar-refractivity contribution in [1.29, 1.82) is 0 Å². The van der Waals surface area contributed by atoms with Crippen molar-refractivity contribution in [2.45, 2.75) is 64.2 Å². The number of cyclic esters (lactones) is 1. The normalized spacial score (nSPS) is 22.4. The number of benzene rings is 1. The summed E-state index contributed by atoms with van der Waals surface area (Å²) >= 11 is 0. The van der Waals surface area contributed by atoms with Crippen molar-refractivity contribution in [3.8, 4) is 11.4 Å². The molecular weight excluding hydrogens is 439 g/mol. The van der Waals surface area contributed by atoms with Gasteiger partial charge in [0.15, 0.2) is 5.60 Å². The molecule has 2 N–H and O–H groups in total. The van der Waals surface area contributed by atoms with Crippen LogP contribution in [0, 0.1) is 12.7 Å². The fourth-order valence-electron chi connectivity index (χ4n) is 6.10. The van der Waals surface area contributed by atoms with Gasteiger partial charge in [-0.3, -0.25) is 4.79 Å². The summed E-state index contributed by atoms with van der Waals surface area (Å²) in [6, 6.07) is 3.12. The van der Waals surface area contributed by atoms with Gasteiger partial charge in [0.2, 0.25) is 0 Å². The number of aryl methyl sites for hydroxylation is 1. The minimum atomic E-state index is -1.90. The number of rotatable bonds is 3. The molecule has 7 nitrogen and oxygen atoms in total. The second-order valence-electron chi connectivity index (χ2n) is 9.56. The van der Waals surface area contributed by atoms with E-state index < -0.39 is 11.6 Å². The highest BCUT2D eigenvalue weighted by atomic mass is 19.1. The quantitative estimate of drug-likeness (QED) is 0.452. The number of ether oxygens (including phenoxy) is 1. The Morgan fingerprint density at radius 1 is 1.26 bits per heavy atom. The fourth-order valence-corrected chi connectivity index (χ4v) is 6.10. The molecule has 1 aromatic carbocycles. The topological polar surface area (TPSA) is 102 Å². The van der Waals surface area contributed by atoms with Gasteiger partial charge in [-0.05, 0) is 61.3 Å². The average Bonchev–Trinajstić information content (AvgIpc) is 3.19. The van der Waals surface area contributed by atoms with Crippen molar-refractivity contribution in [3.05, 3.63) is 61.7 Å². The number of hydrogen-bond donors (Lipinski definition) is 2. The van der Waals surface area contributed by atoms with E-state index in [1.807, 2.05) is 0 Å². The summed E-state index contributed by atoms with van der Waals surface area (Å²) in [4.78, 5) is 30.7. The molecule has 3 aromatic rings. The molecule has 1 aliphatic carbocycles. The van der Waals surface area contributed by atoms with Crippen LogP contribution in [0.5, 0.6) is 0 Å². The Morgan fingerprint density at radius 3 is 2.79 bits per heavy atom. The van der Waals surface area contributed by atoms with Crippen molar-refractivity contribution in [2.24, 2.45) is 0 Å². The molecule has 4 heterocycles. The van der Waals surface area contributed by atoms with Gasteiger partial charge >= 0.3 is 5.97 Å². The molecule has 0 spiro atoms. The lowest BCUT2D eigenvalue weighted by molar-refractivity contribution is -0.172. The minimum absolute atomic E-state index is 0.0307. The first-order valence-electron chi connectivity index (χ1n) is 11.7. The van der Waals surface area contributed by atoms with Crippen molar-refractivity contribution < 1.29 is 24.1 Å². The number of fused-ring (bicyclic) bond motifs is 5. The van der Waals surface area contributed by atoms with E-state index in [0.717, 1.165) is 28.5 Å². The second-order valence-corrected chi connectivity index (χ2v) is 9.56. The second kappa shape index (κ2) is 7.20. The number of aliphatic hydroxyl groups is 2. The van der Waals surface area contributed by atoms with E-state index >= 15 is 0 Å². The van der Waals surface area contributed by atoms with Gasteiger partial charge in [0.25, 0.3) is 5.56 Å². The van der Waals surface area contributed by atoms with Crippen molar-refractivity contribution in [2.75, 3.05) is 6.61 Å². The third-order valence-corrected chi connectivity index (χ3v) is 7.98. The molecule has 2 atom stereocenters. The molecule has 0 radical (unpaired) electrons. The lowest BCUT2D eigenvalue weighted by atomic mass is 9.77. The van der Waals surface area contributed by atoms with Crippen LogP contribution in [0.1, 0.15) is 65.5 Å². The van der Waals surface area contributed by atoms with Gasteiger partial charge in [0.1, 0.15) is 12.4 Å². The zero-order valence-corrected chi connectivity index (χ0v) is 19.1. The highest BCUT2D eigenvalue weighted by Gasteiger charge is 2.45. The predicted molar refractivity (Wildman–Crippen MR) is 122 cm³/mol. The first-order valence-corrected chi connectivity index (χ1v) is 11.7. The van der Waals surface area contributed by atoms with E-state index in [1.54, 1.807) is 24.5 Å². The van der Waals surface area contributed by atoms with Gasteiger partial charge in [-0.25, -0.2) is 14.2 Å². The molecule has 0 unspecified atom stereocenters. The number of aliphatic hydroxyl groups excluding tert-OH is 1. The first-order chi connectivity index (χ1) is 16.3. The molecule has 0 amide bonds. The zero-order valence-electron chi connectivity index (χ0n) is 19.1. The third-order valence-electron chi connectivity index (χ3n) is 7.98. The molecule has 2 aliphatic heterocycles. The highest BCUT2D eigenvalue weighted by molar-refractivity contribution is 5.93. The van der Waals surface area contributed by atoms with Gasteiger partial charge < -0.3 is 19.5 Å². The van der Waals surface area contributed by atoms with Crippen LogP contribution in [0.15, 0.2) is 16.9 Å². The molecule has 0 bridgehead atoms. The number of hydrogen-bond acceptors (Lipinski definition) is 6. The summed E-state index contributed by atoms with van der Waals surface area (Å²) in [6.07, 6.45) is 2.13. The number of pyridine rings is 2. The lowest BCUT2D eigenvalue weighted by Crippen LogP contribution is -2.44. The Morgan fingerprint density at radius 2 is 2.06 bits per heavy atom. The van der Waals surface area contributed by atoms with Crippen molar-refractivity contribution in [1.82, 2.24) is 9.55 Å². The smallest absolute Gasteiger partial charge is 0.343 e. The number of esters is 1. The molecule has 34 heavy (non-hydrogen) atoms. The SMILES string of the molecule is CC[C@@]1(O)C(=O)OCc2c1cc1n(c2=O)Cc2c-1nc1cc(F)c(C)c3c1c2[C@@H](CCO)CC3. The Hall–Kier alpha value is -3.10. The molecule has 3 aliphatic rings. The van der Waals surface area contributed by atoms with E-state index in [-0.39, 0.29) is 48.1 Å². The standard InChI is InChI=1S/C26H25FN2O5/c1-3-26(33)17-8-20-23-15(10-29(20)24(31)16(17)11-34-25(26)32)21-13(6-7-30)4-5-14-12(2)18(27)9-19(28-23)22(14)21/h8-9,13,30,33H,3-7,10-11H2,1-2H3/t13-,26+/m1/s1. The number of aromatic nitrogens is 2. The van der Waals surface area contributed by atoms with Crippen LogP contribution in [0.3, 0.4) is 0 Å². The van der Waals surface area contributed by atoms with Crippen LogP contribution in [-0.4, -0.2) is 32.3 Å². The van der Waals surface area contributed by atoms with E-state index in [0.29, 0.717) is 41.9 Å². The van der Waals surface area contributed by atoms with Gasteiger partial charge in [-0.2, -0.15) is 0 Å². The maximum atomic E-state index is 14.8. The molecule has 0 saturated carbocycles. The third kappa shape index (κ3) is 2.61. The molecular formula is C26H25FN2O5. The average molecular weight is 464 g/mol. The van der Waals surface area contributed by atoms with Gasteiger partial charge in [0, 0.05) is 29.2 Å². The monoisotopic (exact) mass is 464 g/mol. The number of carbonyl (C=O) groups excluding carboxylic acids is 1. The molecule has 6 rings (SSSR count). The number of halogens is 1. The summed E-state index contributed by atoms with van der Waals surface area (Å²) in [5, 5.41) is 21.7. The van der Waals surface area contributed by atoms with Gasteiger partial charge in [0.05, 0.1) is 29.0 Å². The summed E-state index contributed by atoms with van der Waals surface area (Å²) < 4.78 is 21.6. The summed E-state index contributed by atoms with van der Waals surface area (Å²) in [5.41, 5.74) is 3.39. The van der Waals surface area contributed by atoms with Crippen LogP contribution in [0.2, 0.25) is 0 Å². The van der Waals surface area contributed by atoms with Crippen LogP contribution in [0.4, 0.5) is 4.39 Å². The summed E-state index contributed by atoms with van der Waals surface area (Å²) in [5.74, 6) is -1.01. The van der Waals surface area contributed by atoms with E-state index in [4.69, 9.17) is 9.72 Å². The Kier molecular flexibility index (Phi) is 4.54. The Balaban J connectivity index is 1.69. The Bertz CT molecular complexity index is 1480.